The molecule has 0 saturated heterocycles. The van der Waals surface area contributed by atoms with Crippen LogP contribution >= 0.6 is 0 Å². The van der Waals surface area contributed by atoms with Gasteiger partial charge in [-0.05, 0) is 17.7 Å². The lowest BCUT2D eigenvalue weighted by atomic mass is 10.1. The van der Waals surface area contributed by atoms with Crippen molar-refractivity contribution in [3.63, 3.8) is 0 Å². The summed E-state index contributed by atoms with van der Waals surface area (Å²) in [4.78, 5) is -0.0365. The van der Waals surface area contributed by atoms with E-state index in [2.05, 4.69) is 0 Å². The fourth-order valence-corrected chi connectivity index (χ4v) is 1.74. The number of hydrogen-bond donors (Lipinski definition) is 1. The normalized spacial score (nSPS) is 14.8. The minimum Gasteiger partial charge on any atom is -0.316 e. The molecule has 1 atom stereocenters. The van der Waals surface area contributed by atoms with Gasteiger partial charge in [-0.25, -0.2) is 8.42 Å². The van der Waals surface area contributed by atoms with E-state index in [1.54, 1.807) is 0 Å². The van der Waals surface area contributed by atoms with Crippen molar-refractivity contribution >= 4 is 9.84 Å². The lowest BCUT2D eigenvalue weighted by molar-refractivity contribution is -0.149. The van der Waals surface area contributed by atoms with E-state index >= 15 is 0 Å². The SMILES string of the molecule is CS(=O)(=O)c1ccc(C(N)C(F)(F)F)cc1. The van der Waals surface area contributed by atoms with Crippen molar-refractivity contribution in [2.24, 2.45) is 5.73 Å². The standard InChI is InChI=1S/C9H10F3NO2S/c1-16(14,15)7-4-2-6(3-5-7)8(13)9(10,11)12/h2-5,8H,13H2,1H3. The second-order valence-corrected chi connectivity index (χ2v) is 5.38. The average molecular weight is 253 g/mol. The van der Waals surface area contributed by atoms with Gasteiger partial charge in [0.25, 0.3) is 0 Å². The van der Waals surface area contributed by atoms with Gasteiger partial charge in [0.15, 0.2) is 9.84 Å². The van der Waals surface area contributed by atoms with Crippen LogP contribution in [0.2, 0.25) is 0 Å². The van der Waals surface area contributed by atoms with Crippen LogP contribution in [0.5, 0.6) is 0 Å². The van der Waals surface area contributed by atoms with Gasteiger partial charge >= 0.3 is 6.18 Å². The molecule has 0 bridgehead atoms. The number of rotatable bonds is 2. The van der Waals surface area contributed by atoms with Crippen molar-refractivity contribution in [3.05, 3.63) is 29.8 Å². The Labute approximate surface area is 91.0 Å². The second-order valence-electron chi connectivity index (χ2n) is 3.36. The van der Waals surface area contributed by atoms with Gasteiger partial charge in [-0.15, -0.1) is 0 Å². The molecule has 0 heterocycles. The monoisotopic (exact) mass is 253 g/mol. The van der Waals surface area contributed by atoms with Crippen molar-refractivity contribution in [1.82, 2.24) is 0 Å². The molecule has 1 unspecified atom stereocenters. The van der Waals surface area contributed by atoms with Gasteiger partial charge in [0.1, 0.15) is 6.04 Å². The summed E-state index contributed by atoms with van der Waals surface area (Å²) in [6.07, 6.45) is -3.56. The average Bonchev–Trinajstić information content (AvgIpc) is 2.14. The van der Waals surface area contributed by atoms with Crippen molar-refractivity contribution in [1.29, 1.82) is 0 Å². The van der Waals surface area contributed by atoms with Crippen LogP contribution in [0.4, 0.5) is 13.2 Å². The maximum atomic E-state index is 12.2. The van der Waals surface area contributed by atoms with Gasteiger partial charge < -0.3 is 5.73 Å². The summed E-state index contributed by atoms with van der Waals surface area (Å²) in [5.41, 5.74) is 4.79. The number of hydrogen-bond acceptors (Lipinski definition) is 3. The molecule has 3 nitrogen and oxygen atoms in total. The molecule has 1 aromatic carbocycles. The molecule has 16 heavy (non-hydrogen) atoms. The summed E-state index contributed by atoms with van der Waals surface area (Å²) in [5.74, 6) is 0. The largest absolute Gasteiger partial charge is 0.407 e. The molecule has 0 aliphatic rings. The van der Waals surface area contributed by atoms with E-state index in [0.29, 0.717) is 0 Å². The molecule has 0 saturated carbocycles. The molecule has 7 heteroatoms. The van der Waals surface area contributed by atoms with E-state index in [4.69, 9.17) is 5.73 Å². The highest BCUT2D eigenvalue weighted by molar-refractivity contribution is 7.90. The predicted octanol–water partition coefficient (Wildman–Crippen LogP) is 1.65. The number of nitrogens with two attached hydrogens (primary N) is 1. The minimum atomic E-state index is -4.54. The summed E-state index contributed by atoms with van der Waals surface area (Å²) in [5, 5.41) is 0. The summed E-state index contributed by atoms with van der Waals surface area (Å²) in [6, 6.07) is 2.25. The van der Waals surface area contributed by atoms with Crippen molar-refractivity contribution in [3.8, 4) is 0 Å². The molecule has 0 aliphatic heterocycles. The van der Waals surface area contributed by atoms with Gasteiger partial charge in [-0.1, -0.05) is 12.1 Å². The lowest BCUT2D eigenvalue weighted by Crippen LogP contribution is -2.28. The topological polar surface area (TPSA) is 60.2 Å². The van der Waals surface area contributed by atoms with Crippen LogP contribution in [0.15, 0.2) is 29.2 Å². The molecule has 90 valence electrons. The van der Waals surface area contributed by atoms with E-state index in [-0.39, 0.29) is 10.5 Å². The third kappa shape index (κ3) is 2.96. The Morgan fingerprint density at radius 1 is 1.19 bits per heavy atom. The molecule has 0 fully saturated rings. The third-order valence-electron chi connectivity index (χ3n) is 2.02. The minimum absolute atomic E-state index is 0.0365. The van der Waals surface area contributed by atoms with Crippen LogP contribution in [0.1, 0.15) is 11.6 Å². The first kappa shape index (κ1) is 13.0. The predicted molar refractivity (Wildman–Crippen MR) is 52.5 cm³/mol. The van der Waals surface area contributed by atoms with Crippen LogP contribution < -0.4 is 5.73 Å². The van der Waals surface area contributed by atoms with Gasteiger partial charge in [0, 0.05) is 6.26 Å². The maximum absolute atomic E-state index is 12.2. The highest BCUT2D eigenvalue weighted by atomic mass is 32.2. The summed E-state index contributed by atoms with van der Waals surface area (Å²) < 4.78 is 58.8. The summed E-state index contributed by atoms with van der Waals surface area (Å²) in [6.45, 7) is 0. The van der Waals surface area contributed by atoms with Gasteiger partial charge in [0.05, 0.1) is 4.90 Å². The Morgan fingerprint density at radius 3 is 1.94 bits per heavy atom. The Bertz CT molecular complexity index is 465. The van der Waals surface area contributed by atoms with E-state index in [1.165, 1.54) is 0 Å². The molecule has 0 spiro atoms. The molecule has 1 rings (SSSR count). The molecule has 1 aromatic rings. The smallest absolute Gasteiger partial charge is 0.316 e. The Morgan fingerprint density at radius 2 is 1.62 bits per heavy atom. The lowest BCUT2D eigenvalue weighted by Gasteiger charge is -2.15. The number of alkyl halides is 3. The Hall–Kier alpha value is -1.08. The number of sulfone groups is 1. The van der Waals surface area contributed by atoms with Crippen LogP contribution in [-0.4, -0.2) is 20.8 Å². The molecule has 2 N–H and O–H groups in total. The first-order valence-electron chi connectivity index (χ1n) is 4.24. The second kappa shape index (κ2) is 4.06. The molecular weight excluding hydrogens is 243 g/mol. The third-order valence-corrected chi connectivity index (χ3v) is 3.15. The van der Waals surface area contributed by atoms with Crippen LogP contribution in [0, 0.1) is 0 Å². The quantitative estimate of drug-likeness (QED) is 0.871. The highest BCUT2D eigenvalue weighted by Crippen LogP contribution is 2.30. The van der Waals surface area contributed by atoms with Crippen molar-refractivity contribution in [2.45, 2.75) is 17.1 Å². The molecule has 0 radical (unpaired) electrons. The van der Waals surface area contributed by atoms with Crippen LogP contribution in [0.3, 0.4) is 0 Å². The summed E-state index contributed by atoms with van der Waals surface area (Å²) >= 11 is 0. The maximum Gasteiger partial charge on any atom is 0.407 e. The van der Waals surface area contributed by atoms with Gasteiger partial charge in [-0.3, -0.25) is 0 Å². The Balaban J connectivity index is 3.05. The zero-order valence-electron chi connectivity index (χ0n) is 8.32. The van der Waals surface area contributed by atoms with E-state index in [9.17, 15) is 21.6 Å². The van der Waals surface area contributed by atoms with Gasteiger partial charge in [-0.2, -0.15) is 13.2 Å². The zero-order chi connectivity index (χ0) is 12.6. The van der Waals surface area contributed by atoms with Gasteiger partial charge in [0.2, 0.25) is 0 Å². The number of halogens is 3. The van der Waals surface area contributed by atoms with Crippen molar-refractivity contribution in [2.75, 3.05) is 6.26 Å². The Kier molecular flexibility index (Phi) is 3.30. The van der Waals surface area contributed by atoms with Crippen molar-refractivity contribution < 1.29 is 21.6 Å². The molecule has 0 amide bonds. The zero-order valence-corrected chi connectivity index (χ0v) is 9.14. The van der Waals surface area contributed by atoms with E-state index in [0.717, 1.165) is 30.5 Å². The highest BCUT2D eigenvalue weighted by Gasteiger charge is 2.37. The fraction of sp³-hybridized carbons (Fsp3) is 0.333. The first-order valence-corrected chi connectivity index (χ1v) is 6.14. The fourth-order valence-electron chi connectivity index (χ4n) is 1.11. The van der Waals surface area contributed by atoms with Crippen LogP contribution in [0.25, 0.3) is 0 Å². The summed E-state index contributed by atoms with van der Waals surface area (Å²) in [7, 11) is -3.40. The molecule has 0 aliphatic carbocycles. The molecule has 0 aromatic heterocycles. The first-order chi connectivity index (χ1) is 7.12. The molecular formula is C9H10F3NO2S. The van der Waals surface area contributed by atoms with E-state index < -0.39 is 22.1 Å². The van der Waals surface area contributed by atoms with Crippen LogP contribution in [-0.2, 0) is 9.84 Å². The van der Waals surface area contributed by atoms with E-state index in [1.807, 2.05) is 0 Å². The number of benzene rings is 1.